The van der Waals surface area contributed by atoms with Gasteiger partial charge in [-0.05, 0) is 90.7 Å². The Morgan fingerprint density at radius 2 is 1.62 bits per heavy atom. The minimum absolute atomic E-state index is 0.506. The van der Waals surface area contributed by atoms with E-state index in [1.165, 1.54) is 11.1 Å². The van der Waals surface area contributed by atoms with E-state index in [9.17, 15) is 0 Å². The zero-order valence-corrected chi connectivity index (χ0v) is 19.5. The Morgan fingerprint density at radius 1 is 0.897 bits per heavy atom. The van der Waals surface area contributed by atoms with Crippen LogP contribution in [0.4, 0.5) is 5.69 Å². The second-order valence-electron chi connectivity index (χ2n) is 7.09. The topological polar surface area (TPSA) is 30.8 Å². The molecule has 0 saturated carbocycles. The molecule has 3 nitrogen and oxygen atoms in total. The zero-order chi connectivity index (χ0) is 20.8. The van der Waals surface area contributed by atoms with Crippen molar-refractivity contribution in [3.8, 4) is 11.5 Å². The lowest BCUT2D eigenvalue weighted by Gasteiger charge is -2.15. The molecule has 0 bridgehead atoms. The van der Waals surface area contributed by atoms with Gasteiger partial charge >= 0.3 is 0 Å². The Balaban J connectivity index is 1.84. The van der Waals surface area contributed by atoms with Crippen molar-refractivity contribution in [1.29, 1.82) is 0 Å². The third-order valence-corrected chi connectivity index (χ3v) is 5.35. The first-order valence-electron chi connectivity index (χ1n) is 9.72. The summed E-state index contributed by atoms with van der Waals surface area (Å²) in [7, 11) is 0. The standard InChI is InChI=1S/C25H26INO2/c1-5-28-24-14-21(15-27-23-12-18(3)6-9-19(23)4)13-22(26)25(24)29-16-20-10-7-17(2)8-11-20/h6-15H,5,16H2,1-4H3. The van der Waals surface area contributed by atoms with Crippen molar-refractivity contribution >= 4 is 34.5 Å². The van der Waals surface area contributed by atoms with Gasteiger partial charge in [-0.3, -0.25) is 4.99 Å². The Morgan fingerprint density at radius 3 is 2.34 bits per heavy atom. The molecule has 0 aliphatic carbocycles. The Bertz CT molecular complexity index is 1010. The van der Waals surface area contributed by atoms with Crippen LogP contribution in [0.25, 0.3) is 0 Å². The van der Waals surface area contributed by atoms with Crippen LogP contribution >= 0.6 is 22.6 Å². The molecule has 0 amide bonds. The average Bonchev–Trinajstić information content (AvgIpc) is 2.69. The first kappa shape index (κ1) is 21.4. The molecule has 3 rings (SSSR count). The number of halogens is 1. The van der Waals surface area contributed by atoms with E-state index in [0.29, 0.717) is 13.2 Å². The molecule has 3 aromatic rings. The molecule has 0 atom stereocenters. The molecule has 29 heavy (non-hydrogen) atoms. The molecule has 0 aliphatic rings. The van der Waals surface area contributed by atoms with Crippen molar-refractivity contribution < 1.29 is 9.47 Å². The maximum Gasteiger partial charge on any atom is 0.175 e. The van der Waals surface area contributed by atoms with Gasteiger partial charge in [0.05, 0.1) is 15.9 Å². The van der Waals surface area contributed by atoms with Crippen molar-refractivity contribution in [1.82, 2.24) is 0 Å². The van der Waals surface area contributed by atoms with Crippen LogP contribution in [0.5, 0.6) is 11.5 Å². The molecule has 150 valence electrons. The maximum atomic E-state index is 6.12. The molecule has 0 fully saturated rings. The van der Waals surface area contributed by atoms with E-state index in [2.05, 4.69) is 96.9 Å². The summed E-state index contributed by atoms with van der Waals surface area (Å²) in [6.07, 6.45) is 1.89. The van der Waals surface area contributed by atoms with Gasteiger partial charge in [-0.2, -0.15) is 0 Å². The summed E-state index contributed by atoms with van der Waals surface area (Å²) in [6, 6.07) is 18.7. The highest BCUT2D eigenvalue weighted by atomic mass is 127. The molecular formula is C25H26INO2. The van der Waals surface area contributed by atoms with Gasteiger partial charge in [0.1, 0.15) is 6.61 Å². The lowest BCUT2D eigenvalue weighted by molar-refractivity contribution is 0.267. The van der Waals surface area contributed by atoms with E-state index in [1.54, 1.807) is 0 Å². The van der Waals surface area contributed by atoms with E-state index in [1.807, 2.05) is 19.2 Å². The van der Waals surface area contributed by atoms with Crippen LogP contribution in [0.15, 0.2) is 59.6 Å². The molecule has 4 heteroatoms. The summed E-state index contributed by atoms with van der Waals surface area (Å²) in [5, 5.41) is 0. The number of hydrogen-bond donors (Lipinski definition) is 0. The smallest absolute Gasteiger partial charge is 0.175 e. The fourth-order valence-corrected chi connectivity index (χ4v) is 3.69. The molecule has 0 N–H and O–H groups in total. The normalized spacial score (nSPS) is 11.1. The molecule has 0 saturated heterocycles. The van der Waals surface area contributed by atoms with Crippen molar-refractivity contribution in [3.05, 3.63) is 86.0 Å². The molecule has 0 aliphatic heterocycles. The summed E-state index contributed by atoms with van der Waals surface area (Å²) < 4.78 is 13.0. The molecule has 0 aromatic heterocycles. The monoisotopic (exact) mass is 499 g/mol. The number of aryl methyl sites for hydroxylation is 3. The zero-order valence-electron chi connectivity index (χ0n) is 17.3. The van der Waals surface area contributed by atoms with Crippen molar-refractivity contribution in [2.75, 3.05) is 6.61 Å². The Labute approximate surface area is 186 Å². The summed E-state index contributed by atoms with van der Waals surface area (Å²) in [6.45, 7) is 9.30. The third-order valence-electron chi connectivity index (χ3n) is 4.55. The lowest BCUT2D eigenvalue weighted by Crippen LogP contribution is -2.02. The fraction of sp³-hybridized carbons (Fsp3) is 0.240. The Kier molecular flexibility index (Phi) is 7.31. The van der Waals surface area contributed by atoms with Crippen LogP contribution in [-0.2, 0) is 6.61 Å². The number of rotatable bonds is 7. The van der Waals surface area contributed by atoms with Crippen molar-refractivity contribution in [3.63, 3.8) is 0 Å². The molecule has 3 aromatic carbocycles. The Hall–Kier alpha value is -2.34. The molecule has 0 radical (unpaired) electrons. The van der Waals surface area contributed by atoms with Crippen molar-refractivity contribution in [2.45, 2.75) is 34.3 Å². The van der Waals surface area contributed by atoms with Gasteiger partial charge in [0.15, 0.2) is 11.5 Å². The fourth-order valence-electron chi connectivity index (χ4n) is 2.91. The molecule has 0 spiro atoms. The van der Waals surface area contributed by atoms with Crippen molar-refractivity contribution in [2.24, 2.45) is 4.99 Å². The first-order valence-corrected chi connectivity index (χ1v) is 10.8. The molecule has 0 unspecified atom stereocenters. The maximum absolute atomic E-state index is 6.12. The summed E-state index contributed by atoms with van der Waals surface area (Å²) in [5.41, 5.74) is 6.70. The number of aliphatic imine (C=N–C) groups is 1. The van der Waals surface area contributed by atoms with E-state index in [4.69, 9.17) is 9.47 Å². The van der Waals surface area contributed by atoms with Gasteiger partial charge < -0.3 is 9.47 Å². The SMILES string of the molecule is CCOc1cc(C=Nc2cc(C)ccc2C)cc(I)c1OCc1ccc(C)cc1. The predicted octanol–water partition coefficient (Wildman–Crippen LogP) is 6.94. The van der Waals surface area contributed by atoms with E-state index >= 15 is 0 Å². The van der Waals surface area contributed by atoms with E-state index < -0.39 is 0 Å². The summed E-state index contributed by atoms with van der Waals surface area (Å²) in [5.74, 6) is 1.52. The number of nitrogens with zero attached hydrogens (tertiary/aromatic N) is 1. The third kappa shape index (κ3) is 5.82. The predicted molar refractivity (Wildman–Crippen MR) is 129 cm³/mol. The van der Waals surface area contributed by atoms with Gasteiger partial charge in [-0.1, -0.05) is 42.0 Å². The van der Waals surface area contributed by atoms with Gasteiger partial charge in [-0.15, -0.1) is 0 Å². The van der Waals surface area contributed by atoms with Gasteiger partial charge in [0, 0.05) is 6.21 Å². The second kappa shape index (κ2) is 9.92. The average molecular weight is 499 g/mol. The van der Waals surface area contributed by atoms with Crippen LogP contribution in [-0.4, -0.2) is 12.8 Å². The van der Waals surface area contributed by atoms with Crippen LogP contribution in [0, 0.1) is 24.3 Å². The van der Waals surface area contributed by atoms with Gasteiger partial charge in [0.2, 0.25) is 0 Å². The number of ether oxygens (including phenoxy) is 2. The van der Waals surface area contributed by atoms with E-state index in [-0.39, 0.29) is 0 Å². The van der Waals surface area contributed by atoms with Crippen LogP contribution in [0.2, 0.25) is 0 Å². The largest absolute Gasteiger partial charge is 0.490 e. The van der Waals surface area contributed by atoms with Crippen LogP contribution in [0.3, 0.4) is 0 Å². The highest BCUT2D eigenvalue weighted by Crippen LogP contribution is 2.35. The molecular weight excluding hydrogens is 473 g/mol. The summed E-state index contributed by atoms with van der Waals surface area (Å²) >= 11 is 2.30. The minimum atomic E-state index is 0.506. The highest BCUT2D eigenvalue weighted by Gasteiger charge is 2.12. The van der Waals surface area contributed by atoms with E-state index in [0.717, 1.165) is 37.4 Å². The highest BCUT2D eigenvalue weighted by molar-refractivity contribution is 14.1. The quantitative estimate of drug-likeness (QED) is 0.260. The second-order valence-corrected chi connectivity index (χ2v) is 8.25. The van der Waals surface area contributed by atoms with Crippen LogP contribution < -0.4 is 9.47 Å². The summed E-state index contributed by atoms with van der Waals surface area (Å²) in [4.78, 5) is 4.69. The van der Waals surface area contributed by atoms with Gasteiger partial charge in [0.25, 0.3) is 0 Å². The molecule has 0 heterocycles. The first-order chi connectivity index (χ1) is 14.0. The van der Waals surface area contributed by atoms with Gasteiger partial charge in [-0.25, -0.2) is 0 Å². The lowest BCUT2D eigenvalue weighted by atomic mass is 10.1. The number of hydrogen-bond acceptors (Lipinski definition) is 3. The minimum Gasteiger partial charge on any atom is -0.490 e. The van der Waals surface area contributed by atoms with Crippen LogP contribution in [0.1, 0.15) is 34.7 Å². The number of benzene rings is 3.